The van der Waals surface area contributed by atoms with Crippen molar-refractivity contribution in [2.24, 2.45) is 0 Å². The van der Waals surface area contributed by atoms with Crippen LogP contribution in [-0.4, -0.2) is 36.3 Å². The number of aliphatic carboxylic acids is 1. The summed E-state index contributed by atoms with van der Waals surface area (Å²) in [5.74, 6) is -1.28. The minimum Gasteiger partial charge on any atom is -0.508 e. The maximum atomic E-state index is 13.6. The first-order valence-electron chi connectivity index (χ1n) is 9.62. The molecular formula is C24H21NO6. The van der Waals surface area contributed by atoms with Gasteiger partial charge in [0.15, 0.2) is 0 Å². The average Bonchev–Trinajstić information content (AvgIpc) is 2.79. The van der Waals surface area contributed by atoms with Gasteiger partial charge in [-0.1, -0.05) is 18.2 Å². The molecule has 0 aromatic heterocycles. The fraction of sp³-hybridized carbons (Fsp3) is 0.167. The van der Waals surface area contributed by atoms with Crippen LogP contribution in [0.4, 0.5) is 5.69 Å². The van der Waals surface area contributed by atoms with Crippen molar-refractivity contribution in [3.63, 3.8) is 0 Å². The summed E-state index contributed by atoms with van der Waals surface area (Å²) in [5.41, 5.74) is 1.82. The summed E-state index contributed by atoms with van der Waals surface area (Å²) in [6.07, 6.45) is 0. The van der Waals surface area contributed by atoms with E-state index < -0.39 is 17.9 Å². The third-order valence-corrected chi connectivity index (χ3v) is 5.49. The van der Waals surface area contributed by atoms with Crippen LogP contribution in [0.5, 0.6) is 17.2 Å². The van der Waals surface area contributed by atoms with Crippen LogP contribution >= 0.6 is 0 Å². The predicted molar refractivity (Wildman–Crippen MR) is 114 cm³/mol. The van der Waals surface area contributed by atoms with Crippen molar-refractivity contribution in [2.75, 3.05) is 19.1 Å². The number of carboxylic acids is 1. The van der Waals surface area contributed by atoms with Crippen LogP contribution in [0.2, 0.25) is 0 Å². The molecule has 0 spiro atoms. The Morgan fingerprint density at radius 2 is 1.52 bits per heavy atom. The number of benzene rings is 3. The zero-order chi connectivity index (χ0) is 22.1. The Hall–Kier alpha value is -4.00. The fourth-order valence-corrected chi connectivity index (χ4v) is 4.00. The van der Waals surface area contributed by atoms with E-state index in [1.807, 2.05) is 0 Å². The van der Waals surface area contributed by atoms with Crippen molar-refractivity contribution < 1.29 is 29.3 Å². The molecule has 0 saturated heterocycles. The Balaban J connectivity index is 1.96. The van der Waals surface area contributed by atoms with Crippen LogP contribution in [-0.2, 0) is 4.79 Å². The van der Waals surface area contributed by atoms with E-state index >= 15 is 0 Å². The fourth-order valence-electron chi connectivity index (χ4n) is 4.00. The summed E-state index contributed by atoms with van der Waals surface area (Å²) >= 11 is 0. The highest BCUT2D eigenvalue weighted by atomic mass is 16.5. The molecule has 31 heavy (non-hydrogen) atoms. The second-order valence-electron chi connectivity index (χ2n) is 7.18. The molecule has 2 atom stereocenters. The SMILES string of the molecule is COc1ccc([C@H]2[C@@H](C(=O)O)c3ccc(OC)cc3C(=O)N2c2ccc(O)cc2)cc1. The number of methoxy groups -OCH3 is 2. The van der Waals surface area contributed by atoms with E-state index in [1.165, 1.54) is 24.1 Å². The lowest BCUT2D eigenvalue weighted by molar-refractivity contribution is -0.139. The summed E-state index contributed by atoms with van der Waals surface area (Å²) in [4.78, 5) is 27.6. The first kappa shape index (κ1) is 20.3. The van der Waals surface area contributed by atoms with Crippen LogP contribution in [0.1, 0.15) is 33.4 Å². The third kappa shape index (κ3) is 3.54. The first-order valence-corrected chi connectivity index (χ1v) is 9.62. The molecule has 0 radical (unpaired) electrons. The van der Waals surface area contributed by atoms with E-state index in [9.17, 15) is 19.8 Å². The lowest BCUT2D eigenvalue weighted by atomic mass is 9.79. The van der Waals surface area contributed by atoms with Gasteiger partial charge >= 0.3 is 5.97 Å². The van der Waals surface area contributed by atoms with Crippen molar-refractivity contribution in [2.45, 2.75) is 12.0 Å². The molecule has 158 valence electrons. The van der Waals surface area contributed by atoms with Gasteiger partial charge in [-0.15, -0.1) is 0 Å². The van der Waals surface area contributed by atoms with Crippen LogP contribution in [0.3, 0.4) is 0 Å². The monoisotopic (exact) mass is 419 g/mol. The summed E-state index contributed by atoms with van der Waals surface area (Å²) in [6.45, 7) is 0. The summed E-state index contributed by atoms with van der Waals surface area (Å²) in [5, 5.41) is 19.9. The van der Waals surface area contributed by atoms with Gasteiger partial charge in [0.25, 0.3) is 5.91 Å². The Kier molecular flexibility index (Phi) is 5.25. The number of rotatable bonds is 5. The van der Waals surface area contributed by atoms with Gasteiger partial charge in [-0.25, -0.2) is 0 Å². The van der Waals surface area contributed by atoms with E-state index in [0.717, 1.165) is 0 Å². The van der Waals surface area contributed by atoms with Gasteiger partial charge in [-0.3, -0.25) is 14.5 Å². The Bertz CT molecular complexity index is 1120. The van der Waals surface area contributed by atoms with Crippen molar-refractivity contribution in [3.05, 3.63) is 83.4 Å². The molecule has 1 aliphatic heterocycles. The zero-order valence-corrected chi connectivity index (χ0v) is 17.0. The molecule has 0 bridgehead atoms. The third-order valence-electron chi connectivity index (χ3n) is 5.49. The molecule has 0 fully saturated rings. The van der Waals surface area contributed by atoms with E-state index in [-0.39, 0.29) is 17.2 Å². The highest BCUT2D eigenvalue weighted by Gasteiger charge is 2.45. The molecule has 1 aliphatic rings. The molecule has 3 aromatic carbocycles. The van der Waals surface area contributed by atoms with Gasteiger partial charge in [-0.05, 0) is 59.7 Å². The number of ether oxygens (including phenoxy) is 2. The largest absolute Gasteiger partial charge is 0.508 e. The molecule has 1 heterocycles. The van der Waals surface area contributed by atoms with Gasteiger partial charge in [0, 0.05) is 11.3 Å². The molecule has 0 saturated carbocycles. The Morgan fingerprint density at radius 3 is 2.10 bits per heavy atom. The number of aromatic hydroxyl groups is 1. The van der Waals surface area contributed by atoms with E-state index in [0.29, 0.717) is 28.3 Å². The number of carbonyl (C=O) groups excluding carboxylic acids is 1. The molecule has 0 aliphatic carbocycles. The molecule has 4 rings (SSSR count). The second-order valence-corrected chi connectivity index (χ2v) is 7.18. The number of phenols is 1. The Labute approximate surface area is 179 Å². The molecule has 7 heteroatoms. The van der Waals surface area contributed by atoms with Crippen molar-refractivity contribution in [1.82, 2.24) is 0 Å². The van der Waals surface area contributed by atoms with E-state index in [1.54, 1.807) is 61.7 Å². The Morgan fingerprint density at radius 1 is 0.903 bits per heavy atom. The molecule has 2 N–H and O–H groups in total. The highest BCUT2D eigenvalue weighted by molar-refractivity contribution is 6.11. The number of fused-ring (bicyclic) bond motifs is 1. The van der Waals surface area contributed by atoms with Crippen LogP contribution in [0.25, 0.3) is 0 Å². The number of nitrogens with zero attached hydrogens (tertiary/aromatic N) is 1. The minimum atomic E-state index is -1.05. The van der Waals surface area contributed by atoms with Gasteiger partial charge < -0.3 is 19.7 Å². The lowest BCUT2D eigenvalue weighted by Crippen LogP contribution is -2.45. The van der Waals surface area contributed by atoms with Crippen molar-refractivity contribution in [3.8, 4) is 17.2 Å². The van der Waals surface area contributed by atoms with Gasteiger partial charge in [0.1, 0.15) is 23.2 Å². The van der Waals surface area contributed by atoms with Crippen LogP contribution in [0, 0.1) is 0 Å². The topological polar surface area (TPSA) is 96.3 Å². The van der Waals surface area contributed by atoms with Gasteiger partial charge in [0.2, 0.25) is 0 Å². The minimum absolute atomic E-state index is 0.0473. The van der Waals surface area contributed by atoms with Crippen molar-refractivity contribution >= 4 is 17.6 Å². The molecular weight excluding hydrogens is 398 g/mol. The number of amides is 1. The first-order chi connectivity index (χ1) is 14.9. The molecule has 7 nitrogen and oxygen atoms in total. The number of phenolic OH excluding ortho intramolecular Hbond substituents is 1. The van der Waals surface area contributed by atoms with Gasteiger partial charge in [-0.2, -0.15) is 0 Å². The maximum absolute atomic E-state index is 13.6. The molecule has 3 aromatic rings. The average molecular weight is 419 g/mol. The smallest absolute Gasteiger partial charge is 0.313 e. The highest BCUT2D eigenvalue weighted by Crippen LogP contribution is 2.46. The second kappa shape index (κ2) is 8.02. The molecule has 0 unspecified atom stereocenters. The molecule has 1 amide bonds. The number of carbonyl (C=O) groups is 2. The lowest BCUT2D eigenvalue weighted by Gasteiger charge is -2.41. The predicted octanol–water partition coefficient (Wildman–Crippen LogP) is 3.98. The summed E-state index contributed by atoms with van der Waals surface area (Å²) < 4.78 is 10.5. The normalized spacial score (nSPS) is 17.7. The number of hydrogen-bond acceptors (Lipinski definition) is 5. The van der Waals surface area contributed by atoms with Crippen LogP contribution < -0.4 is 14.4 Å². The maximum Gasteiger partial charge on any atom is 0.313 e. The summed E-state index contributed by atoms with van der Waals surface area (Å²) in [7, 11) is 3.03. The standard InChI is InChI=1S/C24H21NO6/c1-30-17-9-3-14(4-10-17)22-21(24(28)29)19-12-11-18(31-2)13-20(19)23(27)25(22)15-5-7-16(26)8-6-15/h3-13,21-22,26H,1-2H3,(H,28,29)/t21-,22-/m0/s1. The number of hydrogen-bond donors (Lipinski definition) is 2. The summed E-state index contributed by atoms with van der Waals surface area (Å²) in [6, 6.07) is 17.1. The number of carboxylic acid groups (broad SMARTS) is 1. The van der Waals surface area contributed by atoms with Gasteiger partial charge in [0.05, 0.1) is 20.3 Å². The number of anilines is 1. The van der Waals surface area contributed by atoms with Crippen molar-refractivity contribution in [1.29, 1.82) is 0 Å². The zero-order valence-electron chi connectivity index (χ0n) is 17.0. The van der Waals surface area contributed by atoms with E-state index in [2.05, 4.69) is 0 Å². The van der Waals surface area contributed by atoms with Crippen LogP contribution in [0.15, 0.2) is 66.7 Å². The van der Waals surface area contributed by atoms with E-state index in [4.69, 9.17) is 9.47 Å². The quantitative estimate of drug-likeness (QED) is 0.649.